The Balaban J connectivity index is 1.82. The van der Waals surface area contributed by atoms with E-state index in [0.29, 0.717) is 28.5 Å². The van der Waals surface area contributed by atoms with E-state index in [2.05, 4.69) is 31.3 Å². The third-order valence-electron chi connectivity index (χ3n) is 5.53. The molecule has 0 saturated heterocycles. The van der Waals surface area contributed by atoms with Crippen molar-refractivity contribution in [3.8, 4) is 6.07 Å². The number of nitrogens with one attached hydrogen (secondary N) is 2. The second-order valence-corrected chi connectivity index (χ2v) is 8.90. The third-order valence-corrected chi connectivity index (χ3v) is 6.45. The number of anilines is 4. The molecule has 2 heterocycles. The molecule has 2 aromatic heterocycles. The molecule has 0 atom stereocenters. The van der Waals surface area contributed by atoms with Crippen molar-refractivity contribution in [2.75, 3.05) is 10.6 Å². The van der Waals surface area contributed by atoms with Crippen molar-refractivity contribution in [2.45, 2.75) is 34.6 Å². The number of pyridine rings is 1. The lowest BCUT2D eigenvalue weighted by Crippen LogP contribution is -2.04. The third kappa shape index (κ3) is 4.95. The summed E-state index contributed by atoms with van der Waals surface area (Å²) in [4.78, 5) is 4.77. The lowest BCUT2D eigenvalue weighted by atomic mass is 10.1. The first kappa shape index (κ1) is 23.1. The number of nitrogens with zero attached hydrogens (tertiary/aromatic N) is 5. The summed E-state index contributed by atoms with van der Waals surface area (Å²) in [5.74, 6) is 0.972. The quantitative estimate of drug-likeness (QED) is 0.281. The molecule has 0 radical (unpaired) electrons. The van der Waals surface area contributed by atoms with Crippen LogP contribution in [0, 0.1) is 45.9 Å². The topological polar surface area (TPSA) is 98.3 Å². The molecule has 8 heteroatoms. The molecule has 0 aliphatic carbocycles. The van der Waals surface area contributed by atoms with Gasteiger partial charge in [-0.3, -0.25) is 0 Å². The molecule has 0 unspecified atom stereocenters. The molecule has 4 rings (SSSR count). The zero-order chi connectivity index (χ0) is 24.2. The standard InChI is InChI=1S/C26H25N7S/c1-15-6-10-20(11-7-15)28-24-22(14-27)18(4)23(31-32-26-17(3)19(5)33-34-26)25(30-24)29-21-12-8-16(2)9-13-21/h6-13H,1-5H3,(H2,28,29,30). The first-order chi connectivity index (χ1) is 16.4. The zero-order valence-electron chi connectivity index (χ0n) is 19.8. The number of hydrogen-bond acceptors (Lipinski definition) is 8. The SMILES string of the molecule is Cc1ccc(Nc2nc(Nc3ccc(C)cc3)c(N=Nc3snc(C)c3C)c(C)c2C#N)cc1. The second-order valence-electron chi connectivity index (χ2n) is 8.15. The summed E-state index contributed by atoms with van der Waals surface area (Å²) >= 11 is 1.30. The largest absolute Gasteiger partial charge is 0.339 e. The van der Waals surface area contributed by atoms with Crippen molar-refractivity contribution in [2.24, 2.45) is 10.2 Å². The van der Waals surface area contributed by atoms with E-state index in [9.17, 15) is 5.26 Å². The maximum atomic E-state index is 9.96. The van der Waals surface area contributed by atoms with Crippen LogP contribution in [0.5, 0.6) is 0 Å². The summed E-state index contributed by atoms with van der Waals surface area (Å²) in [6.07, 6.45) is 0. The highest BCUT2D eigenvalue weighted by Gasteiger charge is 2.18. The number of nitriles is 1. The highest BCUT2D eigenvalue weighted by molar-refractivity contribution is 7.10. The molecule has 34 heavy (non-hydrogen) atoms. The van der Waals surface area contributed by atoms with Gasteiger partial charge in [0.25, 0.3) is 0 Å². The average molecular weight is 468 g/mol. The van der Waals surface area contributed by atoms with Crippen LogP contribution in [0.1, 0.15) is 33.5 Å². The van der Waals surface area contributed by atoms with Gasteiger partial charge in [-0.1, -0.05) is 35.4 Å². The predicted molar refractivity (Wildman–Crippen MR) is 138 cm³/mol. The van der Waals surface area contributed by atoms with Gasteiger partial charge in [-0.05, 0) is 70.4 Å². The average Bonchev–Trinajstić information content (AvgIpc) is 3.14. The minimum Gasteiger partial charge on any atom is -0.339 e. The van der Waals surface area contributed by atoms with Gasteiger partial charge in [0.1, 0.15) is 11.8 Å². The molecule has 0 bridgehead atoms. The van der Waals surface area contributed by atoms with Crippen molar-refractivity contribution in [1.29, 1.82) is 5.26 Å². The molecule has 2 aromatic carbocycles. The Morgan fingerprint density at radius 2 is 1.32 bits per heavy atom. The van der Waals surface area contributed by atoms with Gasteiger partial charge in [0.2, 0.25) is 0 Å². The highest BCUT2D eigenvalue weighted by Crippen LogP contribution is 2.38. The predicted octanol–water partition coefficient (Wildman–Crippen LogP) is 7.85. The van der Waals surface area contributed by atoms with E-state index in [-0.39, 0.29) is 0 Å². The van der Waals surface area contributed by atoms with Gasteiger partial charge in [0, 0.05) is 22.5 Å². The van der Waals surface area contributed by atoms with Crippen LogP contribution in [0.25, 0.3) is 0 Å². The monoisotopic (exact) mass is 467 g/mol. The Bertz CT molecular complexity index is 1400. The van der Waals surface area contributed by atoms with Crippen molar-refractivity contribution in [1.82, 2.24) is 9.36 Å². The van der Waals surface area contributed by atoms with E-state index < -0.39 is 0 Å². The second kappa shape index (κ2) is 9.81. The number of rotatable bonds is 6. The van der Waals surface area contributed by atoms with Crippen LogP contribution in [-0.4, -0.2) is 9.36 Å². The van der Waals surface area contributed by atoms with E-state index in [0.717, 1.165) is 38.8 Å². The van der Waals surface area contributed by atoms with Crippen LogP contribution in [0.3, 0.4) is 0 Å². The summed E-state index contributed by atoms with van der Waals surface area (Å²) < 4.78 is 4.34. The van der Waals surface area contributed by atoms with E-state index in [4.69, 9.17) is 4.98 Å². The Morgan fingerprint density at radius 3 is 1.82 bits per heavy atom. The maximum absolute atomic E-state index is 9.96. The molecule has 0 spiro atoms. The summed E-state index contributed by atoms with van der Waals surface area (Å²) in [5.41, 5.74) is 7.56. The number of benzene rings is 2. The van der Waals surface area contributed by atoms with E-state index in [1.54, 1.807) is 0 Å². The molecule has 170 valence electrons. The van der Waals surface area contributed by atoms with Crippen molar-refractivity contribution < 1.29 is 0 Å². The van der Waals surface area contributed by atoms with Gasteiger partial charge in [-0.25, -0.2) is 4.98 Å². The zero-order valence-corrected chi connectivity index (χ0v) is 20.6. The number of aromatic nitrogens is 2. The Hall–Kier alpha value is -4.09. The van der Waals surface area contributed by atoms with E-state index in [1.807, 2.05) is 83.1 Å². The molecule has 0 amide bonds. The van der Waals surface area contributed by atoms with E-state index >= 15 is 0 Å². The van der Waals surface area contributed by atoms with Gasteiger partial charge < -0.3 is 10.6 Å². The van der Waals surface area contributed by atoms with Crippen LogP contribution in [0.4, 0.5) is 33.7 Å². The number of azo groups is 1. The highest BCUT2D eigenvalue weighted by atomic mass is 32.1. The fourth-order valence-corrected chi connectivity index (χ4v) is 3.99. The number of hydrogen-bond donors (Lipinski definition) is 2. The van der Waals surface area contributed by atoms with Crippen LogP contribution in [0.15, 0.2) is 58.8 Å². The van der Waals surface area contributed by atoms with Crippen molar-refractivity contribution in [3.63, 3.8) is 0 Å². The normalized spacial score (nSPS) is 10.9. The van der Waals surface area contributed by atoms with Gasteiger partial charge in [0.15, 0.2) is 16.6 Å². The minimum atomic E-state index is 0.418. The molecule has 2 N–H and O–H groups in total. The van der Waals surface area contributed by atoms with E-state index in [1.165, 1.54) is 11.5 Å². The Labute approximate surface area is 203 Å². The molecule has 0 saturated carbocycles. The maximum Gasteiger partial charge on any atom is 0.161 e. The summed E-state index contributed by atoms with van der Waals surface area (Å²) in [7, 11) is 0. The van der Waals surface area contributed by atoms with Gasteiger partial charge in [0.05, 0.1) is 11.3 Å². The Morgan fingerprint density at radius 1 is 0.765 bits per heavy atom. The van der Waals surface area contributed by atoms with Crippen molar-refractivity contribution in [3.05, 3.63) is 82.0 Å². The lowest BCUT2D eigenvalue weighted by molar-refractivity contribution is 1.16. The van der Waals surface area contributed by atoms with Gasteiger partial charge in [-0.15, -0.1) is 10.2 Å². The van der Waals surface area contributed by atoms with Crippen LogP contribution < -0.4 is 10.6 Å². The number of aryl methyl sites for hydroxylation is 3. The van der Waals surface area contributed by atoms with Crippen LogP contribution in [0.2, 0.25) is 0 Å². The molecular weight excluding hydrogens is 442 g/mol. The van der Waals surface area contributed by atoms with Crippen LogP contribution in [-0.2, 0) is 0 Å². The Kier molecular flexibility index (Phi) is 6.66. The van der Waals surface area contributed by atoms with Crippen molar-refractivity contribution >= 4 is 45.2 Å². The summed E-state index contributed by atoms with van der Waals surface area (Å²) in [6.45, 7) is 9.85. The van der Waals surface area contributed by atoms with Gasteiger partial charge in [-0.2, -0.15) is 9.64 Å². The molecule has 0 fully saturated rings. The molecule has 4 aromatic rings. The molecular formula is C26H25N7S. The minimum absolute atomic E-state index is 0.418. The smallest absolute Gasteiger partial charge is 0.161 e. The summed E-state index contributed by atoms with van der Waals surface area (Å²) in [6, 6.07) is 18.2. The molecule has 0 aliphatic rings. The fraction of sp³-hybridized carbons (Fsp3) is 0.192. The molecule has 7 nitrogen and oxygen atoms in total. The molecule has 0 aliphatic heterocycles. The summed E-state index contributed by atoms with van der Waals surface area (Å²) in [5, 5.41) is 26.3. The lowest BCUT2D eigenvalue weighted by Gasteiger charge is -2.16. The first-order valence-corrected chi connectivity index (χ1v) is 11.6. The fourth-order valence-electron chi connectivity index (χ4n) is 3.27. The van der Waals surface area contributed by atoms with Gasteiger partial charge >= 0.3 is 0 Å². The first-order valence-electron chi connectivity index (χ1n) is 10.8. The van der Waals surface area contributed by atoms with Crippen LogP contribution >= 0.6 is 11.5 Å².